The molecule has 0 spiro atoms. The van der Waals surface area contributed by atoms with Crippen LogP contribution in [0.5, 0.6) is 0 Å². The summed E-state index contributed by atoms with van der Waals surface area (Å²) in [6.45, 7) is 4.31. The Morgan fingerprint density at radius 3 is 2.70 bits per heavy atom. The van der Waals surface area contributed by atoms with E-state index >= 15 is 0 Å². The first-order valence-corrected chi connectivity index (χ1v) is 7.05. The Balaban J connectivity index is 2.12. The Morgan fingerprint density at radius 2 is 2.10 bits per heavy atom. The molecule has 0 aliphatic carbocycles. The van der Waals surface area contributed by atoms with Crippen LogP contribution in [0.25, 0.3) is 0 Å². The van der Waals surface area contributed by atoms with Gasteiger partial charge in [0, 0.05) is 24.3 Å². The third kappa shape index (κ3) is 3.56. The molecule has 0 aromatic heterocycles. The summed E-state index contributed by atoms with van der Waals surface area (Å²) in [5.41, 5.74) is 7.52. The fourth-order valence-electron chi connectivity index (χ4n) is 2.31. The monoisotopic (exact) mass is 294 g/mol. The van der Waals surface area contributed by atoms with Gasteiger partial charge in [-0.25, -0.2) is 0 Å². The molecule has 1 aromatic carbocycles. The summed E-state index contributed by atoms with van der Waals surface area (Å²) in [6.07, 6.45) is 2.32. The molecule has 20 heavy (non-hydrogen) atoms. The summed E-state index contributed by atoms with van der Waals surface area (Å²) in [5, 5.41) is 3.76. The van der Waals surface area contributed by atoms with Gasteiger partial charge in [-0.1, -0.05) is 30.7 Å². The van der Waals surface area contributed by atoms with Crippen molar-refractivity contribution < 1.29 is 0 Å². The number of nitrogens with two attached hydrogens (primary N) is 1. The Hall–Kier alpha value is -1.43. The average Bonchev–Trinajstić information content (AvgIpc) is 2.45. The van der Waals surface area contributed by atoms with E-state index in [9.17, 15) is 4.91 Å². The first kappa shape index (κ1) is 15.0. The van der Waals surface area contributed by atoms with Gasteiger partial charge in [-0.05, 0) is 29.3 Å². The minimum atomic E-state index is -0.408. The molecule has 0 radical (unpaired) electrons. The zero-order chi connectivity index (χ0) is 14.5. The van der Waals surface area contributed by atoms with E-state index < -0.39 is 6.17 Å². The van der Waals surface area contributed by atoms with Gasteiger partial charge < -0.3 is 10.6 Å². The molecule has 2 N–H and O–H groups in total. The predicted molar refractivity (Wildman–Crippen MR) is 80.7 cm³/mol. The summed E-state index contributed by atoms with van der Waals surface area (Å²) >= 11 is 5.88. The maximum absolute atomic E-state index is 10.9. The summed E-state index contributed by atoms with van der Waals surface area (Å²) in [4.78, 5) is 15.0. The van der Waals surface area contributed by atoms with E-state index in [1.807, 2.05) is 34.1 Å². The lowest BCUT2D eigenvalue weighted by atomic mass is 10.2. The molecule has 0 saturated heterocycles. The number of hydrogen-bond donors (Lipinski definition) is 1. The smallest absolute Gasteiger partial charge is 0.132 e. The highest BCUT2D eigenvalue weighted by atomic mass is 35.5. The van der Waals surface area contributed by atoms with E-state index in [2.05, 4.69) is 12.1 Å². The van der Waals surface area contributed by atoms with E-state index in [0.29, 0.717) is 23.9 Å². The van der Waals surface area contributed by atoms with Crippen LogP contribution in [0.3, 0.4) is 0 Å². The van der Waals surface area contributed by atoms with Crippen LogP contribution in [0, 0.1) is 4.91 Å². The Kier molecular flexibility index (Phi) is 5.11. The average molecular weight is 295 g/mol. The Morgan fingerprint density at radius 1 is 1.40 bits per heavy atom. The highest BCUT2D eigenvalue weighted by Gasteiger charge is 2.25. The van der Waals surface area contributed by atoms with Gasteiger partial charge in [0.1, 0.15) is 11.9 Å². The molecule has 1 aliphatic heterocycles. The second-order valence-corrected chi connectivity index (χ2v) is 5.35. The first-order chi connectivity index (χ1) is 9.63. The fourth-order valence-corrected chi connectivity index (χ4v) is 2.43. The lowest BCUT2D eigenvalue weighted by molar-refractivity contribution is 0.113. The molecule has 0 bridgehead atoms. The summed E-state index contributed by atoms with van der Waals surface area (Å²) in [5.74, 6) is 0. The molecule has 1 aromatic rings. The molecule has 1 atom stereocenters. The van der Waals surface area contributed by atoms with Crippen molar-refractivity contribution in [2.24, 2.45) is 10.9 Å². The topological polar surface area (TPSA) is 61.9 Å². The van der Waals surface area contributed by atoms with E-state index in [0.717, 1.165) is 18.5 Å². The highest BCUT2D eigenvalue weighted by molar-refractivity contribution is 6.30. The summed E-state index contributed by atoms with van der Waals surface area (Å²) in [6, 6.07) is 7.67. The van der Waals surface area contributed by atoms with Crippen LogP contribution in [0.4, 0.5) is 0 Å². The Labute approximate surface area is 124 Å². The van der Waals surface area contributed by atoms with Crippen LogP contribution in [0.15, 0.2) is 41.3 Å². The van der Waals surface area contributed by atoms with Gasteiger partial charge in [-0.3, -0.25) is 4.90 Å². The lowest BCUT2D eigenvalue weighted by Gasteiger charge is -2.37. The van der Waals surface area contributed by atoms with Crippen molar-refractivity contribution in [2.45, 2.75) is 26.1 Å². The number of halogens is 1. The molecule has 6 heteroatoms. The van der Waals surface area contributed by atoms with Crippen molar-refractivity contribution in [3.63, 3.8) is 0 Å². The van der Waals surface area contributed by atoms with Crippen molar-refractivity contribution in [1.82, 2.24) is 9.80 Å². The number of nitrogens with zero attached hydrogens (tertiary/aromatic N) is 3. The molecule has 1 unspecified atom stereocenters. The molecule has 0 saturated carbocycles. The van der Waals surface area contributed by atoms with Crippen molar-refractivity contribution in [3.8, 4) is 0 Å². The predicted octanol–water partition coefficient (Wildman–Crippen LogP) is 2.72. The SMILES string of the molecule is CCCN1CN(Cc2ccc(Cl)cc2)C=C(N=O)C1N. The van der Waals surface area contributed by atoms with Crippen LogP contribution in [0.2, 0.25) is 5.02 Å². The molecule has 108 valence electrons. The van der Waals surface area contributed by atoms with Crippen molar-refractivity contribution in [3.05, 3.63) is 51.7 Å². The minimum Gasteiger partial charge on any atom is -0.358 e. The van der Waals surface area contributed by atoms with Gasteiger partial charge >= 0.3 is 0 Å². The summed E-state index contributed by atoms with van der Waals surface area (Å²) in [7, 11) is 0. The zero-order valence-corrected chi connectivity index (χ0v) is 12.3. The van der Waals surface area contributed by atoms with Crippen LogP contribution >= 0.6 is 11.6 Å². The maximum Gasteiger partial charge on any atom is 0.132 e. The molecule has 0 amide bonds. The van der Waals surface area contributed by atoms with Gasteiger partial charge in [0.15, 0.2) is 0 Å². The molecular weight excluding hydrogens is 276 g/mol. The molecular formula is C14H19ClN4O. The van der Waals surface area contributed by atoms with Gasteiger partial charge in [-0.15, -0.1) is 4.91 Å². The van der Waals surface area contributed by atoms with Crippen LogP contribution in [-0.2, 0) is 6.54 Å². The number of benzene rings is 1. The van der Waals surface area contributed by atoms with E-state index in [4.69, 9.17) is 17.3 Å². The van der Waals surface area contributed by atoms with Gasteiger partial charge in [0.2, 0.25) is 0 Å². The van der Waals surface area contributed by atoms with E-state index in [1.54, 1.807) is 6.20 Å². The van der Waals surface area contributed by atoms with Crippen molar-refractivity contribution >= 4 is 11.6 Å². The quantitative estimate of drug-likeness (QED) is 0.848. The van der Waals surface area contributed by atoms with Crippen LogP contribution in [-0.4, -0.2) is 29.2 Å². The zero-order valence-electron chi connectivity index (χ0n) is 11.5. The molecule has 2 rings (SSSR count). The summed E-state index contributed by atoms with van der Waals surface area (Å²) < 4.78 is 0. The largest absolute Gasteiger partial charge is 0.358 e. The maximum atomic E-state index is 10.9. The van der Waals surface area contributed by atoms with Crippen LogP contribution in [0.1, 0.15) is 18.9 Å². The molecule has 5 nitrogen and oxygen atoms in total. The van der Waals surface area contributed by atoms with Gasteiger partial charge in [-0.2, -0.15) is 0 Å². The second kappa shape index (κ2) is 6.83. The molecule has 0 fully saturated rings. The standard InChI is InChI=1S/C14H19ClN4O/c1-2-7-19-10-18(9-13(17-20)14(19)16)8-11-3-5-12(15)6-4-11/h3-6,9,14H,2,7-8,10,16H2,1H3. The normalized spacial score (nSPS) is 19.9. The van der Waals surface area contributed by atoms with E-state index in [-0.39, 0.29) is 0 Å². The Bertz CT molecular complexity index is 488. The molecule has 1 aliphatic rings. The van der Waals surface area contributed by atoms with Gasteiger partial charge in [0.25, 0.3) is 0 Å². The van der Waals surface area contributed by atoms with Gasteiger partial charge in [0.05, 0.1) is 6.67 Å². The minimum absolute atomic E-state index is 0.374. The second-order valence-electron chi connectivity index (χ2n) is 4.92. The number of rotatable bonds is 5. The fraction of sp³-hybridized carbons (Fsp3) is 0.429. The number of nitroso groups, excluding NO2 is 1. The van der Waals surface area contributed by atoms with E-state index in [1.165, 1.54) is 0 Å². The molecule has 1 heterocycles. The van der Waals surface area contributed by atoms with Crippen LogP contribution < -0.4 is 5.73 Å². The first-order valence-electron chi connectivity index (χ1n) is 6.67. The third-order valence-electron chi connectivity index (χ3n) is 3.29. The van der Waals surface area contributed by atoms with Crippen molar-refractivity contribution in [2.75, 3.05) is 13.2 Å². The highest BCUT2D eigenvalue weighted by Crippen LogP contribution is 2.19. The third-order valence-corrected chi connectivity index (χ3v) is 3.54. The van der Waals surface area contributed by atoms with Crippen molar-refractivity contribution in [1.29, 1.82) is 0 Å². The number of hydrogen-bond acceptors (Lipinski definition) is 5. The lowest BCUT2D eigenvalue weighted by Crippen LogP contribution is -2.51.